The number of rotatable bonds is 4. The minimum atomic E-state index is -3.70. The summed E-state index contributed by atoms with van der Waals surface area (Å²) in [5.41, 5.74) is -0.382. The number of aromatic nitrogens is 2. The van der Waals surface area contributed by atoms with Crippen LogP contribution in [0.3, 0.4) is 0 Å². The second-order valence-corrected chi connectivity index (χ2v) is 6.37. The molecule has 0 spiro atoms. The van der Waals surface area contributed by atoms with E-state index in [0.717, 1.165) is 6.26 Å². The van der Waals surface area contributed by atoms with E-state index in [0.29, 0.717) is 23.7 Å². The molecule has 2 rings (SSSR count). The molecule has 0 bridgehead atoms. The zero-order chi connectivity index (χ0) is 15.6. The van der Waals surface area contributed by atoms with Crippen LogP contribution in [0.25, 0.3) is 10.8 Å². The van der Waals surface area contributed by atoms with Crippen molar-refractivity contribution in [3.63, 3.8) is 0 Å². The average Bonchev–Trinajstić information content (AvgIpc) is 2.40. The van der Waals surface area contributed by atoms with Gasteiger partial charge in [-0.25, -0.2) is 17.8 Å². The van der Waals surface area contributed by atoms with Crippen molar-refractivity contribution in [2.75, 3.05) is 6.26 Å². The highest BCUT2D eigenvalue weighted by atomic mass is 32.2. The molecule has 1 aromatic heterocycles. The van der Waals surface area contributed by atoms with Crippen LogP contribution in [0.4, 0.5) is 0 Å². The number of hydrogen-bond donors (Lipinski definition) is 1. The van der Waals surface area contributed by atoms with Crippen LogP contribution in [0.2, 0.25) is 0 Å². The number of fused-ring (bicyclic) bond motifs is 1. The fraction of sp³-hybridized carbons (Fsp3) is 0.308. The summed E-state index contributed by atoms with van der Waals surface area (Å²) in [6.07, 6.45) is 1.55. The van der Waals surface area contributed by atoms with Crippen molar-refractivity contribution >= 4 is 26.7 Å². The second kappa shape index (κ2) is 5.65. The summed E-state index contributed by atoms with van der Waals surface area (Å²) in [5.74, 6) is -0.849. The van der Waals surface area contributed by atoms with Crippen molar-refractivity contribution in [1.29, 1.82) is 0 Å². The van der Waals surface area contributed by atoms with Crippen LogP contribution < -0.4 is 10.3 Å². The second-order valence-electron chi connectivity index (χ2n) is 4.63. The Bertz CT molecular complexity index is 855. The van der Waals surface area contributed by atoms with Gasteiger partial charge in [0.1, 0.15) is 0 Å². The molecule has 0 saturated carbocycles. The largest absolute Gasteiger partial charge is 0.285 e. The highest BCUT2D eigenvalue weighted by Gasteiger charge is 2.18. The van der Waals surface area contributed by atoms with Gasteiger partial charge in [-0.05, 0) is 12.5 Å². The molecule has 0 atom stereocenters. The lowest BCUT2D eigenvalue weighted by atomic mass is 10.1. The minimum Gasteiger partial charge on any atom is -0.267 e. The van der Waals surface area contributed by atoms with Gasteiger partial charge < -0.3 is 0 Å². The van der Waals surface area contributed by atoms with Gasteiger partial charge in [-0.1, -0.05) is 25.1 Å². The number of amides is 1. The predicted molar refractivity (Wildman–Crippen MR) is 78.6 cm³/mol. The van der Waals surface area contributed by atoms with E-state index in [-0.39, 0.29) is 11.3 Å². The molecule has 7 nitrogen and oxygen atoms in total. The molecule has 1 N–H and O–H groups in total. The molecule has 1 heterocycles. The lowest BCUT2D eigenvalue weighted by Gasteiger charge is -2.09. The molecule has 1 amide bonds. The van der Waals surface area contributed by atoms with E-state index < -0.39 is 15.9 Å². The Morgan fingerprint density at radius 1 is 1.29 bits per heavy atom. The standard InChI is InChI=1S/C13H15N3O4S/c1-3-8-16-13(18)10-7-5-4-6-9(10)11(14-16)12(17)15-21(2,19)20/h4-7H,3,8H2,1-2H3,(H,15,17). The third kappa shape index (κ3) is 3.27. The Morgan fingerprint density at radius 2 is 1.90 bits per heavy atom. The molecule has 0 aliphatic heterocycles. The van der Waals surface area contributed by atoms with Gasteiger partial charge in [-0.15, -0.1) is 0 Å². The number of carbonyl (C=O) groups is 1. The highest BCUT2D eigenvalue weighted by molar-refractivity contribution is 7.89. The van der Waals surface area contributed by atoms with Crippen LogP contribution in [0, 0.1) is 0 Å². The number of sulfonamides is 1. The Hall–Kier alpha value is -2.22. The SMILES string of the molecule is CCCn1nc(C(=O)NS(C)(=O)=O)c2ccccc2c1=O. The van der Waals surface area contributed by atoms with Gasteiger partial charge in [-0.3, -0.25) is 9.59 Å². The number of benzene rings is 1. The van der Waals surface area contributed by atoms with E-state index >= 15 is 0 Å². The van der Waals surface area contributed by atoms with Crippen molar-refractivity contribution in [2.45, 2.75) is 19.9 Å². The Kier molecular flexibility index (Phi) is 4.08. The smallest absolute Gasteiger partial charge is 0.267 e. The maximum Gasteiger partial charge on any atom is 0.285 e. The summed E-state index contributed by atoms with van der Waals surface area (Å²) in [5, 5.41) is 4.66. The Morgan fingerprint density at radius 3 is 2.48 bits per heavy atom. The molecule has 21 heavy (non-hydrogen) atoms. The van der Waals surface area contributed by atoms with Gasteiger partial charge in [-0.2, -0.15) is 5.10 Å². The minimum absolute atomic E-state index is 0.0796. The van der Waals surface area contributed by atoms with E-state index in [4.69, 9.17) is 0 Å². The van der Waals surface area contributed by atoms with Gasteiger partial charge in [0.2, 0.25) is 10.0 Å². The highest BCUT2D eigenvalue weighted by Crippen LogP contribution is 2.13. The zero-order valence-electron chi connectivity index (χ0n) is 11.7. The molecular weight excluding hydrogens is 294 g/mol. The molecule has 1 aromatic carbocycles. The Labute approximate surface area is 121 Å². The lowest BCUT2D eigenvalue weighted by Crippen LogP contribution is -2.33. The fourth-order valence-electron chi connectivity index (χ4n) is 1.98. The van der Waals surface area contributed by atoms with Gasteiger partial charge in [0, 0.05) is 11.9 Å². The van der Waals surface area contributed by atoms with Crippen molar-refractivity contribution in [2.24, 2.45) is 0 Å². The van der Waals surface area contributed by atoms with E-state index in [1.54, 1.807) is 24.3 Å². The van der Waals surface area contributed by atoms with Crippen LogP contribution in [0.15, 0.2) is 29.1 Å². The van der Waals surface area contributed by atoms with Gasteiger partial charge in [0.25, 0.3) is 11.5 Å². The normalized spacial score (nSPS) is 11.5. The molecule has 2 aromatic rings. The fourth-order valence-corrected chi connectivity index (χ4v) is 2.42. The molecule has 0 fully saturated rings. The molecular formula is C13H15N3O4S. The first-order valence-corrected chi connectivity index (χ1v) is 8.24. The summed E-state index contributed by atoms with van der Waals surface area (Å²) in [7, 11) is -3.70. The van der Waals surface area contributed by atoms with Crippen LogP contribution in [-0.2, 0) is 16.6 Å². The number of hydrogen-bond acceptors (Lipinski definition) is 5. The van der Waals surface area contributed by atoms with Crippen molar-refractivity contribution in [1.82, 2.24) is 14.5 Å². The lowest BCUT2D eigenvalue weighted by molar-refractivity contribution is 0.0976. The molecule has 0 aliphatic rings. The van der Waals surface area contributed by atoms with Crippen LogP contribution >= 0.6 is 0 Å². The first kappa shape index (κ1) is 15.2. The van der Waals surface area contributed by atoms with Crippen molar-refractivity contribution in [3.05, 3.63) is 40.3 Å². The summed E-state index contributed by atoms with van der Waals surface area (Å²) < 4.78 is 25.5. The van der Waals surface area contributed by atoms with Crippen LogP contribution in [0.1, 0.15) is 23.8 Å². The summed E-state index contributed by atoms with van der Waals surface area (Å²) in [6, 6.07) is 6.49. The van der Waals surface area contributed by atoms with Crippen molar-refractivity contribution < 1.29 is 13.2 Å². The first-order valence-electron chi connectivity index (χ1n) is 6.35. The van der Waals surface area contributed by atoms with E-state index in [1.807, 2.05) is 11.6 Å². The Balaban J connectivity index is 2.70. The molecule has 0 aliphatic carbocycles. The summed E-state index contributed by atoms with van der Waals surface area (Å²) >= 11 is 0. The molecule has 0 saturated heterocycles. The molecule has 0 unspecified atom stereocenters. The molecule has 112 valence electrons. The maximum atomic E-state index is 12.2. The number of nitrogens with one attached hydrogen (secondary N) is 1. The molecule has 8 heteroatoms. The van der Waals surface area contributed by atoms with Gasteiger partial charge in [0.05, 0.1) is 11.6 Å². The third-order valence-electron chi connectivity index (χ3n) is 2.80. The first-order chi connectivity index (χ1) is 9.83. The van der Waals surface area contributed by atoms with Gasteiger partial charge in [0.15, 0.2) is 5.69 Å². The number of carbonyl (C=O) groups excluding carboxylic acids is 1. The topological polar surface area (TPSA) is 98.1 Å². The van der Waals surface area contributed by atoms with E-state index in [1.165, 1.54) is 4.68 Å². The van der Waals surface area contributed by atoms with E-state index in [9.17, 15) is 18.0 Å². The zero-order valence-corrected chi connectivity index (χ0v) is 12.5. The predicted octanol–water partition coefficient (Wildman–Crippen LogP) is 0.496. The van der Waals surface area contributed by atoms with E-state index in [2.05, 4.69) is 5.10 Å². The number of nitrogens with zero attached hydrogens (tertiary/aromatic N) is 2. The van der Waals surface area contributed by atoms with Crippen LogP contribution in [0.5, 0.6) is 0 Å². The van der Waals surface area contributed by atoms with Gasteiger partial charge >= 0.3 is 0 Å². The average molecular weight is 309 g/mol. The summed E-state index contributed by atoms with van der Waals surface area (Å²) in [4.78, 5) is 24.3. The van der Waals surface area contributed by atoms with Crippen LogP contribution in [-0.4, -0.2) is 30.4 Å². The monoisotopic (exact) mass is 309 g/mol. The summed E-state index contributed by atoms with van der Waals surface area (Å²) in [6.45, 7) is 2.22. The molecule has 0 radical (unpaired) electrons. The van der Waals surface area contributed by atoms with Crippen molar-refractivity contribution in [3.8, 4) is 0 Å². The maximum absolute atomic E-state index is 12.2. The third-order valence-corrected chi connectivity index (χ3v) is 3.35. The quantitative estimate of drug-likeness (QED) is 0.886. The number of aryl methyl sites for hydroxylation is 1.